The highest BCUT2D eigenvalue weighted by atomic mass is 16.3. The normalized spacial score (nSPS) is 14.4. The lowest BCUT2D eigenvalue weighted by molar-refractivity contribution is -0.0821. The molecule has 0 aromatic carbocycles. The van der Waals surface area contributed by atoms with E-state index in [0.29, 0.717) is 18.4 Å². The Morgan fingerprint density at radius 2 is 2.07 bits per heavy atom. The first-order valence-corrected chi connectivity index (χ1v) is 4.92. The first kappa shape index (κ1) is 11.2. The number of aliphatic hydroxyl groups excluding tert-OH is 1. The first-order chi connectivity index (χ1) is 6.53. The van der Waals surface area contributed by atoms with Gasteiger partial charge in [0.25, 0.3) is 0 Å². The van der Waals surface area contributed by atoms with Crippen LogP contribution in [0.1, 0.15) is 38.4 Å². The predicted molar refractivity (Wildman–Crippen MR) is 53.7 cm³/mol. The molecule has 1 aromatic rings. The molecule has 0 saturated carbocycles. The molecule has 1 heterocycles. The highest BCUT2D eigenvalue weighted by molar-refractivity contribution is 5.12. The molecule has 1 unspecified atom stereocenters. The van der Waals surface area contributed by atoms with E-state index in [1.165, 1.54) is 0 Å². The lowest BCUT2D eigenvalue weighted by atomic mass is 9.88. The SMILES string of the molecule is CCC(O)(CC)C(O)c1cnn(C)c1. The summed E-state index contributed by atoms with van der Waals surface area (Å²) in [5.41, 5.74) is -0.373. The van der Waals surface area contributed by atoms with Crippen LogP contribution >= 0.6 is 0 Å². The van der Waals surface area contributed by atoms with Crippen molar-refractivity contribution in [3.8, 4) is 0 Å². The van der Waals surface area contributed by atoms with E-state index in [-0.39, 0.29) is 0 Å². The molecule has 0 amide bonds. The number of aromatic nitrogens is 2. The van der Waals surface area contributed by atoms with Gasteiger partial charge in [0.15, 0.2) is 0 Å². The molecular weight excluding hydrogens is 180 g/mol. The van der Waals surface area contributed by atoms with E-state index in [9.17, 15) is 10.2 Å². The van der Waals surface area contributed by atoms with Gasteiger partial charge in [-0.05, 0) is 12.8 Å². The van der Waals surface area contributed by atoms with E-state index < -0.39 is 11.7 Å². The minimum atomic E-state index is -1.04. The van der Waals surface area contributed by atoms with Gasteiger partial charge in [0, 0.05) is 18.8 Å². The molecule has 0 saturated heterocycles. The quantitative estimate of drug-likeness (QED) is 0.759. The van der Waals surface area contributed by atoms with Gasteiger partial charge in [-0.2, -0.15) is 5.10 Å². The smallest absolute Gasteiger partial charge is 0.111 e. The standard InChI is InChI=1S/C10H18N2O2/c1-4-10(14,5-2)9(13)8-6-11-12(3)7-8/h6-7,9,13-14H,4-5H2,1-3H3. The average molecular weight is 198 g/mol. The molecule has 0 aliphatic carbocycles. The maximum Gasteiger partial charge on any atom is 0.111 e. The predicted octanol–water partition coefficient (Wildman–Crippen LogP) is 1.00. The van der Waals surface area contributed by atoms with Crippen molar-refractivity contribution in [2.45, 2.75) is 38.4 Å². The van der Waals surface area contributed by atoms with Gasteiger partial charge in [-0.25, -0.2) is 0 Å². The second-order valence-electron chi connectivity index (χ2n) is 3.66. The topological polar surface area (TPSA) is 58.3 Å². The lowest BCUT2D eigenvalue weighted by Gasteiger charge is -2.30. The summed E-state index contributed by atoms with van der Waals surface area (Å²) in [5, 5.41) is 24.0. The van der Waals surface area contributed by atoms with Gasteiger partial charge in [-0.15, -0.1) is 0 Å². The molecule has 0 radical (unpaired) electrons. The molecule has 0 spiro atoms. The number of nitrogens with zero attached hydrogens (tertiary/aromatic N) is 2. The van der Waals surface area contributed by atoms with E-state index in [2.05, 4.69) is 5.10 Å². The fourth-order valence-electron chi connectivity index (χ4n) is 1.53. The molecule has 0 bridgehead atoms. The number of aryl methyl sites for hydroxylation is 1. The number of aliphatic hydroxyl groups is 2. The lowest BCUT2D eigenvalue weighted by Crippen LogP contribution is -2.34. The Labute approximate surface area is 84.2 Å². The number of hydrogen-bond donors (Lipinski definition) is 2. The van der Waals surface area contributed by atoms with Crippen molar-refractivity contribution in [2.75, 3.05) is 0 Å². The molecule has 1 aromatic heterocycles. The third-order valence-corrected chi connectivity index (χ3v) is 2.77. The van der Waals surface area contributed by atoms with Gasteiger partial charge >= 0.3 is 0 Å². The Morgan fingerprint density at radius 1 is 1.50 bits per heavy atom. The van der Waals surface area contributed by atoms with Gasteiger partial charge in [0.1, 0.15) is 6.10 Å². The van der Waals surface area contributed by atoms with Crippen molar-refractivity contribution >= 4 is 0 Å². The third-order valence-electron chi connectivity index (χ3n) is 2.77. The van der Waals surface area contributed by atoms with E-state index >= 15 is 0 Å². The summed E-state index contributed by atoms with van der Waals surface area (Å²) >= 11 is 0. The molecule has 1 rings (SSSR count). The summed E-state index contributed by atoms with van der Waals surface area (Å²) in [6.07, 6.45) is 3.51. The van der Waals surface area contributed by atoms with Gasteiger partial charge in [0.2, 0.25) is 0 Å². The second-order valence-corrected chi connectivity index (χ2v) is 3.66. The van der Waals surface area contributed by atoms with Crippen molar-refractivity contribution in [2.24, 2.45) is 7.05 Å². The van der Waals surface area contributed by atoms with Crippen LogP contribution in [0.3, 0.4) is 0 Å². The van der Waals surface area contributed by atoms with Gasteiger partial charge < -0.3 is 10.2 Å². The van der Waals surface area contributed by atoms with Crippen LogP contribution in [0.4, 0.5) is 0 Å². The van der Waals surface area contributed by atoms with Gasteiger partial charge in [0.05, 0.1) is 11.8 Å². The van der Waals surface area contributed by atoms with E-state index in [0.717, 1.165) is 0 Å². The third kappa shape index (κ3) is 1.96. The number of rotatable bonds is 4. The van der Waals surface area contributed by atoms with Crippen LogP contribution in [0, 0.1) is 0 Å². The van der Waals surface area contributed by atoms with Crippen molar-refractivity contribution in [3.05, 3.63) is 18.0 Å². The van der Waals surface area contributed by atoms with Crippen LogP contribution in [0.2, 0.25) is 0 Å². The van der Waals surface area contributed by atoms with Crippen LogP contribution in [0.25, 0.3) is 0 Å². The highest BCUT2D eigenvalue weighted by Gasteiger charge is 2.33. The van der Waals surface area contributed by atoms with Crippen molar-refractivity contribution in [3.63, 3.8) is 0 Å². The Balaban J connectivity index is 2.88. The molecule has 80 valence electrons. The molecule has 0 aliphatic heterocycles. The largest absolute Gasteiger partial charge is 0.387 e. The minimum Gasteiger partial charge on any atom is -0.387 e. The van der Waals surface area contributed by atoms with Gasteiger partial charge in [-0.3, -0.25) is 4.68 Å². The summed E-state index contributed by atoms with van der Waals surface area (Å²) in [5.74, 6) is 0. The van der Waals surface area contributed by atoms with Crippen molar-refractivity contribution in [1.29, 1.82) is 0 Å². The summed E-state index contributed by atoms with van der Waals surface area (Å²) in [6, 6.07) is 0. The molecular formula is C10H18N2O2. The summed E-state index contributed by atoms with van der Waals surface area (Å²) in [4.78, 5) is 0. The Hall–Kier alpha value is -0.870. The minimum absolute atomic E-state index is 0.527. The molecule has 4 nitrogen and oxygen atoms in total. The Bertz CT molecular complexity index is 292. The van der Waals surface area contributed by atoms with E-state index in [1.54, 1.807) is 24.1 Å². The molecule has 0 aliphatic rings. The summed E-state index contributed by atoms with van der Waals surface area (Å²) in [7, 11) is 1.78. The molecule has 4 heteroatoms. The van der Waals surface area contributed by atoms with Crippen LogP contribution in [-0.4, -0.2) is 25.6 Å². The van der Waals surface area contributed by atoms with E-state index in [1.807, 2.05) is 13.8 Å². The van der Waals surface area contributed by atoms with Crippen LogP contribution < -0.4 is 0 Å². The summed E-state index contributed by atoms with van der Waals surface area (Å²) < 4.78 is 1.62. The zero-order valence-corrected chi connectivity index (χ0v) is 8.94. The Kier molecular flexibility index (Phi) is 3.29. The summed E-state index contributed by atoms with van der Waals surface area (Å²) in [6.45, 7) is 3.73. The van der Waals surface area contributed by atoms with Gasteiger partial charge in [-0.1, -0.05) is 13.8 Å². The maximum atomic E-state index is 10.1. The zero-order valence-electron chi connectivity index (χ0n) is 8.94. The fourth-order valence-corrected chi connectivity index (χ4v) is 1.53. The molecule has 1 atom stereocenters. The first-order valence-electron chi connectivity index (χ1n) is 4.92. The molecule has 14 heavy (non-hydrogen) atoms. The average Bonchev–Trinajstić information content (AvgIpc) is 2.62. The van der Waals surface area contributed by atoms with Crippen molar-refractivity contribution in [1.82, 2.24) is 9.78 Å². The molecule has 2 N–H and O–H groups in total. The van der Waals surface area contributed by atoms with Crippen LogP contribution in [0.5, 0.6) is 0 Å². The maximum absolute atomic E-state index is 10.1. The monoisotopic (exact) mass is 198 g/mol. The number of hydrogen-bond acceptors (Lipinski definition) is 3. The zero-order chi connectivity index (χ0) is 10.8. The van der Waals surface area contributed by atoms with Crippen molar-refractivity contribution < 1.29 is 10.2 Å². The van der Waals surface area contributed by atoms with Crippen LogP contribution in [-0.2, 0) is 7.05 Å². The molecule has 0 fully saturated rings. The fraction of sp³-hybridized carbons (Fsp3) is 0.700. The second kappa shape index (κ2) is 4.11. The Morgan fingerprint density at radius 3 is 2.43 bits per heavy atom. The van der Waals surface area contributed by atoms with Crippen LogP contribution in [0.15, 0.2) is 12.4 Å². The van der Waals surface area contributed by atoms with E-state index in [4.69, 9.17) is 0 Å². The highest BCUT2D eigenvalue weighted by Crippen LogP contribution is 2.30.